The number of nitrogens with zero attached hydrogens (tertiary/aromatic N) is 1. The number of hydrogen-bond donors (Lipinski definition) is 0. The Hall–Kier alpha value is -2.62. The molecule has 10 heteroatoms. The van der Waals surface area contributed by atoms with E-state index in [-0.39, 0.29) is 24.5 Å². The second-order valence-electron chi connectivity index (χ2n) is 11.7. The fourth-order valence-corrected chi connectivity index (χ4v) is 4.53. The molecule has 0 N–H and O–H groups in total. The Morgan fingerprint density at radius 1 is 1.00 bits per heavy atom. The van der Waals surface area contributed by atoms with Crippen LogP contribution in [0.15, 0.2) is 18.2 Å². The van der Waals surface area contributed by atoms with Gasteiger partial charge in [-0.3, -0.25) is 14.5 Å². The summed E-state index contributed by atoms with van der Waals surface area (Å²) in [5.74, 6) is -1.82. The molecule has 1 aliphatic rings. The summed E-state index contributed by atoms with van der Waals surface area (Å²) < 4.78 is 58.0. The minimum Gasteiger partial charge on any atom is -0.493 e. The van der Waals surface area contributed by atoms with Crippen molar-refractivity contribution in [2.45, 2.75) is 116 Å². The molecular weight excluding hydrogens is 515 g/mol. The van der Waals surface area contributed by atoms with Crippen LogP contribution in [0.25, 0.3) is 0 Å². The highest BCUT2D eigenvalue weighted by molar-refractivity contribution is 6.11. The number of amides is 1. The number of hydrogen-bond acceptors (Lipinski definition) is 6. The smallest absolute Gasteiger partial charge is 0.419 e. The number of carbonyl (C=O) groups excluding carboxylic acids is 3. The third-order valence-corrected chi connectivity index (χ3v) is 6.60. The predicted octanol–water partition coefficient (Wildman–Crippen LogP) is 7.35. The van der Waals surface area contributed by atoms with Crippen molar-refractivity contribution in [3.8, 4) is 5.75 Å². The number of unbranched alkanes of at least 4 members (excludes halogenated alkanes) is 5. The fourth-order valence-electron chi connectivity index (χ4n) is 4.53. The lowest BCUT2D eigenvalue weighted by molar-refractivity contribution is -0.139. The Balaban J connectivity index is 2.17. The minimum absolute atomic E-state index is 0.135. The van der Waals surface area contributed by atoms with Gasteiger partial charge in [0.15, 0.2) is 11.6 Å². The lowest BCUT2D eigenvalue weighted by atomic mass is 9.90. The number of carbonyl (C=O) groups is 3. The van der Waals surface area contributed by atoms with Crippen molar-refractivity contribution in [2.75, 3.05) is 13.2 Å². The van der Waals surface area contributed by atoms with Gasteiger partial charge in [0.1, 0.15) is 22.6 Å². The summed E-state index contributed by atoms with van der Waals surface area (Å²) in [6, 6.07) is 3.06. The molecule has 1 aromatic carbocycles. The molecule has 39 heavy (non-hydrogen) atoms. The lowest BCUT2D eigenvalue weighted by Gasteiger charge is -2.39. The van der Waals surface area contributed by atoms with E-state index in [1.165, 1.54) is 13.0 Å². The zero-order chi connectivity index (χ0) is 29.6. The van der Waals surface area contributed by atoms with Crippen molar-refractivity contribution in [3.63, 3.8) is 0 Å². The van der Waals surface area contributed by atoms with E-state index < -0.39 is 52.7 Å². The van der Waals surface area contributed by atoms with Gasteiger partial charge in [0.05, 0.1) is 25.2 Å². The second-order valence-corrected chi connectivity index (χ2v) is 11.7. The van der Waals surface area contributed by atoms with E-state index in [2.05, 4.69) is 6.92 Å². The molecule has 0 unspecified atom stereocenters. The van der Waals surface area contributed by atoms with Crippen molar-refractivity contribution < 1.29 is 41.8 Å². The van der Waals surface area contributed by atoms with Gasteiger partial charge in [0, 0.05) is 5.56 Å². The van der Waals surface area contributed by atoms with Gasteiger partial charge in [0.2, 0.25) is 0 Å². The summed E-state index contributed by atoms with van der Waals surface area (Å²) >= 11 is 0. The monoisotopic (exact) mass is 557 g/mol. The van der Waals surface area contributed by atoms with Gasteiger partial charge in [-0.1, -0.05) is 39.0 Å². The van der Waals surface area contributed by atoms with Crippen LogP contribution in [0.1, 0.15) is 109 Å². The molecule has 1 aromatic rings. The molecule has 0 aliphatic carbocycles. The van der Waals surface area contributed by atoms with Crippen LogP contribution in [0.4, 0.5) is 18.0 Å². The van der Waals surface area contributed by atoms with Crippen LogP contribution in [0.2, 0.25) is 0 Å². The first-order valence-corrected chi connectivity index (χ1v) is 13.5. The van der Waals surface area contributed by atoms with E-state index in [1.807, 2.05) is 0 Å². The lowest BCUT2D eigenvalue weighted by Crippen LogP contribution is -2.59. The fraction of sp³-hybridized carbons (Fsp3) is 0.690. The molecule has 0 bridgehead atoms. The van der Waals surface area contributed by atoms with Crippen LogP contribution < -0.4 is 4.74 Å². The largest absolute Gasteiger partial charge is 0.493 e. The first-order valence-electron chi connectivity index (χ1n) is 13.5. The molecule has 1 amide bonds. The average molecular weight is 558 g/mol. The van der Waals surface area contributed by atoms with Crippen molar-refractivity contribution in [3.05, 3.63) is 29.3 Å². The van der Waals surface area contributed by atoms with E-state index in [9.17, 15) is 27.6 Å². The Labute approximate surface area is 229 Å². The highest BCUT2D eigenvalue weighted by Gasteiger charge is 2.56. The maximum Gasteiger partial charge on any atom is 0.419 e. The van der Waals surface area contributed by atoms with Crippen LogP contribution in [-0.2, 0) is 20.4 Å². The van der Waals surface area contributed by atoms with Gasteiger partial charge in [-0.2, -0.15) is 13.2 Å². The van der Waals surface area contributed by atoms with Crippen molar-refractivity contribution >= 4 is 17.7 Å². The zero-order valence-electron chi connectivity index (χ0n) is 24.1. The third kappa shape index (κ3) is 8.68. The minimum atomic E-state index is -4.75. The van der Waals surface area contributed by atoms with Gasteiger partial charge < -0.3 is 14.2 Å². The first kappa shape index (κ1) is 32.6. The highest BCUT2D eigenvalue weighted by atomic mass is 19.4. The number of ether oxygens (including phenoxy) is 3. The molecule has 1 aliphatic heterocycles. The second kappa shape index (κ2) is 12.7. The Morgan fingerprint density at radius 2 is 1.62 bits per heavy atom. The van der Waals surface area contributed by atoms with E-state index in [1.54, 1.807) is 34.6 Å². The normalized spacial score (nSPS) is 19.2. The maximum absolute atomic E-state index is 13.8. The first-order chi connectivity index (χ1) is 17.9. The molecule has 0 saturated carbocycles. The van der Waals surface area contributed by atoms with E-state index in [0.29, 0.717) is 6.42 Å². The Morgan fingerprint density at radius 3 is 2.21 bits per heavy atom. The topological polar surface area (TPSA) is 82.1 Å². The molecular formula is C29H42F3NO6. The van der Waals surface area contributed by atoms with Gasteiger partial charge in [-0.05, 0) is 66.2 Å². The molecule has 1 heterocycles. The van der Waals surface area contributed by atoms with Gasteiger partial charge in [-0.25, -0.2) is 4.79 Å². The van der Waals surface area contributed by atoms with Crippen molar-refractivity contribution in [2.24, 2.45) is 0 Å². The molecule has 1 fully saturated rings. The number of Topliss-reactive ketones (excluding diaryl/α,β-unsaturated/α-hetero) is 2. The number of ketones is 2. The van der Waals surface area contributed by atoms with Crippen LogP contribution in [0.5, 0.6) is 5.75 Å². The molecule has 1 saturated heterocycles. The number of alkyl halides is 3. The highest BCUT2D eigenvalue weighted by Crippen LogP contribution is 2.39. The standard InChI is InChI=1S/C29H42F3NO6/c1-8-9-10-11-12-13-16-37-23-15-14-20(17-21(23)29(30,31)32)22(34)18-24(35)28(7)19-38-27(5,6)33(28)25(36)39-26(2,3)4/h14-15,17H,8-13,16,18-19H2,1-7H3/t28-/m1/s1. The molecule has 0 radical (unpaired) electrons. The Kier molecular flexibility index (Phi) is 10.6. The van der Waals surface area contributed by atoms with Crippen molar-refractivity contribution in [1.82, 2.24) is 4.90 Å². The van der Waals surface area contributed by atoms with E-state index >= 15 is 0 Å². The zero-order valence-corrected chi connectivity index (χ0v) is 24.1. The summed E-state index contributed by atoms with van der Waals surface area (Å²) in [6.07, 6.45) is -0.463. The van der Waals surface area contributed by atoms with Crippen LogP contribution >= 0.6 is 0 Å². The third-order valence-electron chi connectivity index (χ3n) is 6.60. The van der Waals surface area contributed by atoms with Crippen LogP contribution in [0, 0.1) is 0 Å². The van der Waals surface area contributed by atoms with Gasteiger partial charge >= 0.3 is 12.3 Å². The number of rotatable bonds is 12. The summed E-state index contributed by atoms with van der Waals surface area (Å²) in [5, 5.41) is 0. The maximum atomic E-state index is 13.8. The molecule has 7 nitrogen and oxygen atoms in total. The molecule has 2 rings (SSSR count). The summed E-state index contributed by atoms with van der Waals surface area (Å²) in [6.45, 7) is 11.7. The van der Waals surface area contributed by atoms with Crippen molar-refractivity contribution in [1.29, 1.82) is 0 Å². The van der Waals surface area contributed by atoms with Crippen LogP contribution in [0.3, 0.4) is 0 Å². The van der Waals surface area contributed by atoms with E-state index in [0.717, 1.165) is 49.1 Å². The quantitative estimate of drug-likeness (QED) is 0.152. The summed E-state index contributed by atoms with van der Waals surface area (Å²) in [7, 11) is 0. The Bertz CT molecular complexity index is 1030. The van der Waals surface area contributed by atoms with Crippen LogP contribution in [-0.4, -0.2) is 52.6 Å². The average Bonchev–Trinajstić information content (AvgIpc) is 3.06. The number of benzene rings is 1. The molecule has 1 atom stereocenters. The molecule has 0 aromatic heterocycles. The SMILES string of the molecule is CCCCCCCCOc1ccc(C(=O)CC(=O)[C@@]2(C)COC(C)(C)N2C(=O)OC(C)(C)C)cc1C(F)(F)F. The molecule has 0 spiro atoms. The molecule has 220 valence electrons. The van der Waals surface area contributed by atoms with E-state index in [4.69, 9.17) is 14.2 Å². The predicted molar refractivity (Wildman–Crippen MR) is 141 cm³/mol. The van der Waals surface area contributed by atoms with Gasteiger partial charge in [-0.15, -0.1) is 0 Å². The number of halogens is 3. The summed E-state index contributed by atoms with van der Waals surface area (Å²) in [4.78, 5) is 40.5. The van der Waals surface area contributed by atoms with Gasteiger partial charge in [0.25, 0.3) is 0 Å². The summed E-state index contributed by atoms with van der Waals surface area (Å²) in [5.41, 5.74) is -4.93.